The number of aryl methyl sites for hydroxylation is 1. The maximum atomic E-state index is 12.2. The third kappa shape index (κ3) is 3.71. The van der Waals surface area contributed by atoms with Gasteiger partial charge in [0.2, 0.25) is 0 Å². The summed E-state index contributed by atoms with van der Waals surface area (Å²) >= 11 is 7.45. The molecule has 0 saturated heterocycles. The summed E-state index contributed by atoms with van der Waals surface area (Å²) < 4.78 is 0. The van der Waals surface area contributed by atoms with Crippen LogP contribution < -0.4 is 5.32 Å². The molecule has 20 heavy (non-hydrogen) atoms. The molecule has 0 bridgehead atoms. The number of carbonyl (C=O) groups excluding carboxylic acids is 1. The minimum atomic E-state index is -0.334. The molecular weight excluding hydrogens is 294 g/mol. The first-order valence-corrected chi connectivity index (χ1v) is 7.50. The van der Waals surface area contributed by atoms with E-state index in [9.17, 15) is 4.79 Å². The first kappa shape index (κ1) is 14.8. The van der Waals surface area contributed by atoms with Gasteiger partial charge in [-0.1, -0.05) is 48.0 Å². The molecule has 0 radical (unpaired) electrons. The molecule has 0 fully saturated rings. The molecule has 2 aromatic rings. The molecule has 1 amide bonds. The summed E-state index contributed by atoms with van der Waals surface area (Å²) in [6, 6.07) is 7.53. The summed E-state index contributed by atoms with van der Waals surface area (Å²) in [6.07, 6.45) is 1.45. The fourth-order valence-electron chi connectivity index (χ4n) is 1.54. The van der Waals surface area contributed by atoms with Gasteiger partial charge in [-0.25, -0.2) is 9.97 Å². The number of carbonyl (C=O) groups is 1. The van der Waals surface area contributed by atoms with Gasteiger partial charge < -0.3 is 5.32 Å². The van der Waals surface area contributed by atoms with Crippen LogP contribution in [-0.2, 0) is 0 Å². The van der Waals surface area contributed by atoms with Gasteiger partial charge in [-0.2, -0.15) is 0 Å². The van der Waals surface area contributed by atoms with Crippen molar-refractivity contribution in [2.75, 3.05) is 11.1 Å². The van der Waals surface area contributed by atoms with E-state index in [0.29, 0.717) is 10.8 Å². The molecule has 104 valence electrons. The van der Waals surface area contributed by atoms with Gasteiger partial charge in [0, 0.05) is 5.69 Å². The Kier molecular flexibility index (Phi) is 4.98. The van der Waals surface area contributed by atoms with Crippen LogP contribution in [0.15, 0.2) is 35.6 Å². The highest BCUT2D eigenvalue weighted by molar-refractivity contribution is 7.99. The van der Waals surface area contributed by atoms with E-state index in [1.165, 1.54) is 18.0 Å². The van der Waals surface area contributed by atoms with E-state index in [2.05, 4.69) is 15.3 Å². The van der Waals surface area contributed by atoms with Crippen molar-refractivity contribution in [1.82, 2.24) is 9.97 Å². The molecular formula is C14H14ClN3OS. The Morgan fingerprint density at radius 2 is 2.05 bits per heavy atom. The van der Waals surface area contributed by atoms with Crippen molar-refractivity contribution in [3.8, 4) is 0 Å². The Morgan fingerprint density at radius 1 is 1.35 bits per heavy atom. The highest BCUT2D eigenvalue weighted by atomic mass is 35.5. The molecule has 0 atom stereocenters. The van der Waals surface area contributed by atoms with Crippen molar-refractivity contribution in [1.29, 1.82) is 0 Å². The van der Waals surface area contributed by atoms with E-state index < -0.39 is 0 Å². The first-order valence-electron chi connectivity index (χ1n) is 6.13. The lowest BCUT2D eigenvalue weighted by Gasteiger charge is -2.07. The van der Waals surface area contributed by atoms with Crippen molar-refractivity contribution in [3.63, 3.8) is 0 Å². The molecule has 0 unspecified atom stereocenters. The first-order chi connectivity index (χ1) is 9.60. The fourth-order valence-corrected chi connectivity index (χ4v) is 2.25. The van der Waals surface area contributed by atoms with Crippen molar-refractivity contribution >= 4 is 35.0 Å². The maximum absolute atomic E-state index is 12.2. The molecule has 1 heterocycles. The standard InChI is InChI=1S/C14H14ClN3OS/c1-3-20-14-16-8-11(15)12(18-14)13(19)17-10-6-4-9(2)5-7-10/h4-8H,3H2,1-2H3,(H,17,19). The lowest BCUT2D eigenvalue weighted by Crippen LogP contribution is -2.15. The van der Waals surface area contributed by atoms with Gasteiger partial charge in [0.25, 0.3) is 5.91 Å². The van der Waals surface area contributed by atoms with Crippen LogP contribution in [0, 0.1) is 6.92 Å². The van der Waals surface area contributed by atoms with Gasteiger partial charge in [0.05, 0.1) is 11.2 Å². The Hall–Kier alpha value is -1.59. The van der Waals surface area contributed by atoms with Crippen molar-refractivity contribution in [2.45, 2.75) is 19.0 Å². The van der Waals surface area contributed by atoms with Crippen LogP contribution >= 0.6 is 23.4 Å². The van der Waals surface area contributed by atoms with Gasteiger partial charge >= 0.3 is 0 Å². The molecule has 1 N–H and O–H groups in total. The number of hydrogen-bond donors (Lipinski definition) is 1. The second kappa shape index (κ2) is 6.72. The highest BCUT2D eigenvalue weighted by Gasteiger charge is 2.14. The topological polar surface area (TPSA) is 54.9 Å². The number of nitrogens with zero attached hydrogens (tertiary/aromatic N) is 2. The average Bonchev–Trinajstić information content (AvgIpc) is 2.43. The summed E-state index contributed by atoms with van der Waals surface area (Å²) in [6.45, 7) is 3.98. The number of anilines is 1. The summed E-state index contributed by atoms with van der Waals surface area (Å²) in [5.74, 6) is 0.500. The van der Waals surface area contributed by atoms with Crippen LogP contribution in [0.25, 0.3) is 0 Å². The zero-order chi connectivity index (χ0) is 14.5. The van der Waals surface area contributed by atoms with Crippen LogP contribution in [0.3, 0.4) is 0 Å². The number of nitrogens with one attached hydrogen (secondary N) is 1. The monoisotopic (exact) mass is 307 g/mol. The van der Waals surface area contributed by atoms with Crippen molar-refractivity contribution in [3.05, 3.63) is 46.7 Å². The molecule has 2 rings (SSSR count). The number of aromatic nitrogens is 2. The number of halogens is 1. The van der Waals surface area contributed by atoms with Gasteiger partial charge in [-0.15, -0.1) is 0 Å². The van der Waals surface area contributed by atoms with Crippen LogP contribution in [0.5, 0.6) is 0 Å². The molecule has 0 aliphatic carbocycles. The molecule has 0 aliphatic heterocycles. The zero-order valence-electron chi connectivity index (χ0n) is 11.2. The lowest BCUT2D eigenvalue weighted by molar-refractivity contribution is 0.102. The smallest absolute Gasteiger partial charge is 0.275 e. The van der Waals surface area contributed by atoms with Crippen molar-refractivity contribution < 1.29 is 4.79 Å². The number of benzene rings is 1. The largest absolute Gasteiger partial charge is 0.321 e. The predicted molar refractivity (Wildman–Crippen MR) is 82.6 cm³/mol. The number of hydrogen-bond acceptors (Lipinski definition) is 4. The second-order valence-corrected chi connectivity index (χ2v) is 5.74. The van der Waals surface area contributed by atoms with Crippen LogP contribution in [0.1, 0.15) is 23.0 Å². The van der Waals surface area contributed by atoms with Gasteiger partial charge in [0.15, 0.2) is 10.9 Å². The van der Waals surface area contributed by atoms with E-state index in [1.807, 2.05) is 38.1 Å². The normalized spacial score (nSPS) is 10.3. The third-order valence-corrected chi connectivity index (χ3v) is 3.54. The number of rotatable bonds is 4. The Morgan fingerprint density at radius 3 is 2.70 bits per heavy atom. The minimum Gasteiger partial charge on any atom is -0.321 e. The maximum Gasteiger partial charge on any atom is 0.275 e. The quantitative estimate of drug-likeness (QED) is 0.689. The van der Waals surface area contributed by atoms with Crippen molar-refractivity contribution in [2.24, 2.45) is 0 Å². The molecule has 1 aromatic heterocycles. The molecule has 0 spiro atoms. The van der Waals surface area contributed by atoms with E-state index in [-0.39, 0.29) is 16.6 Å². The summed E-state index contributed by atoms with van der Waals surface area (Å²) in [4.78, 5) is 20.4. The molecule has 4 nitrogen and oxygen atoms in total. The molecule has 0 aliphatic rings. The highest BCUT2D eigenvalue weighted by Crippen LogP contribution is 2.19. The molecule has 1 aromatic carbocycles. The third-order valence-electron chi connectivity index (χ3n) is 2.52. The van der Waals surface area contributed by atoms with Crippen LogP contribution in [0.2, 0.25) is 5.02 Å². The number of thioether (sulfide) groups is 1. The minimum absolute atomic E-state index is 0.193. The predicted octanol–water partition coefficient (Wildman–Crippen LogP) is 3.80. The van der Waals surface area contributed by atoms with E-state index >= 15 is 0 Å². The fraction of sp³-hybridized carbons (Fsp3) is 0.214. The lowest BCUT2D eigenvalue weighted by atomic mass is 10.2. The summed E-state index contributed by atoms with van der Waals surface area (Å²) in [5.41, 5.74) is 2.03. The summed E-state index contributed by atoms with van der Waals surface area (Å²) in [7, 11) is 0. The summed E-state index contributed by atoms with van der Waals surface area (Å²) in [5, 5.41) is 3.57. The van der Waals surface area contributed by atoms with Gasteiger partial charge in [-0.3, -0.25) is 4.79 Å². The Balaban J connectivity index is 2.19. The number of amides is 1. The van der Waals surface area contributed by atoms with Gasteiger partial charge in [0.1, 0.15) is 0 Å². The SMILES string of the molecule is CCSc1ncc(Cl)c(C(=O)Nc2ccc(C)cc2)n1. The Bertz CT molecular complexity index is 616. The average molecular weight is 308 g/mol. The molecule has 0 saturated carbocycles. The molecule has 6 heteroatoms. The van der Waals surface area contributed by atoms with Gasteiger partial charge in [-0.05, 0) is 24.8 Å². The van der Waals surface area contributed by atoms with Crippen LogP contribution in [-0.4, -0.2) is 21.6 Å². The van der Waals surface area contributed by atoms with E-state index in [0.717, 1.165) is 11.3 Å². The van der Waals surface area contributed by atoms with E-state index in [4.69, 9.17) is 11.6 Å². The van der Waals surface area contributed by atoms with Crippen LogP contribution in [0.4, 0.5) is 5.69 Å². The van der Waals surface area contributed by atoms with E-state index in [1.54, 1.807) is 0 Å². The zero-order valence-corrected chi connectivity index (χ0v) is 12.8. The Labute approximate surface area is 127 Å². The second-order valence-electron chi connectivity index (χ2n) is 4.10.